The minimum atomic E-state index is -4.92. The lowest BCUT2D eigenvalue weighted by molar-refractivity contribution is -0.141. The molecule has 1 aromatic carbocycles. The van der Waals surface area contributed by atoms with Gasteiger partial charge in [0.05, 0.1) is 16.8 Å². The van der Waals surface area contributed by atoms with Crippen LogP contribution in [0, 0.1) is 34.5 Å². The third-order valence-corrected chi connectivity index (χ3v) is 11.0. The number of fused-ring (bicyclic) bond motifs is 5. The Hall–Kier alpha value is -1.97. The van der Waals surface area contributed by atoms with Crippen molar-refractivity contribution in [1.82, 2.24) is 5.32 Å². The molecule has 2 N–H and O–H groups in total. The number of halogens is 7. The van der Waals surface area contributed by atoms with E-state index in [0.29, 0.717) is 37.5 Å². The number of nitrogens with one attached hydrogen (secondary N) is 2. The molecule has 4 nitrogen and oxygen atoms in total. The molecule has 0 bridgehead atoms. The largest absolute Gasteiger partial charge is 0.418 e. The average molecular weight is 565 g/mol. The SMILES string of the molecule is C[C@@]12CC[C@@H]3[C@H](CC[C@@H]4NC(=O)C[C@H](Cl)[C@]43C)[C@H]1CC[C@H]2C(=O)Nc1cc(C(F)(F)F)ccc1C(F)(F)F. The summed E-state index contributed by atoms with van der Waals surface area (Å²) in [4.78, 5) is 25.5. The Bertz CT molecular complexity index is 1140. The molecule has 3 saturated carbocycles. The van der Waals surface area contributed by atoms with Gasteiger partial charge in [0.1, 0.15) is 0 Å². The molecular formula is C27H31ClF6N2O2. The Labute approximate surface area is 222 Å². The normalized spacial score (nSPS) is 39.0. The molecule has 0 spiro atoms. The number of alkyl halides is 7. The molecule has 1 aromatic rings. The van der Waals surface area contributed by atoms with Crippen LogP contribution in [-0.4, -0.2) is 23.2 Å². The molecule has 0 aromatic heterocycles. The molecule has 210 valence electrons. The lowest BCUT2D eigenvalue weighted by atomic mass is 9.47. The van der Waals surface area contributed by atoms with Crippen LogP contribution >= 0.6 is 11.6 Å². The van der Waals surface area contributed by atoms with Crippen LogP contribution in [0.5, 0.6) is 0 Å². The van der Waals surface area contributed by atoms with Gasteiger partial charge in [-0.2, -0.15) is 26.3 Å². The standard InChI is InChI=1S/C27H31ClF6N2O2/c1-24-10-9-16-14(4-8-21-25(16,2)20(28)12-22(37)36-21)15(24)6-7-18(24)23(38)35-19-11-13(26(29,30)31)3-5-17(19)27(32,33)34/h3,5,11,14-16,18,20-21H,4,6-10,12H2,1-2H3,(H,35,38)(H,36,37)/t14-,15-,16-,18+,20+,21+,24-,25-/m1/s1. The maximum Gasteiger partial charge on any atom is 0.418 e. The predicted octanol–water partition coefficient (Wildman–Crippen LogP) is 7.02. The van der Waals surface area contributed by atoms with E-state index in [0.717, 1.165) is 19.3 Å². The zero-order valence-corrected chi connectivity index (χ0v) is 21.9. The summed E-state index contributed by atoms with van der Waals surface area (Å²) < 4.78 is 80.5. The Balaban J connectivity index is 1.40. The predicted molar refractivity (Wildman–Crippen MR) is 129 cm³/mol. The summed E-state index contributed by atoms with van der Waals surface area (Å²) in [5, 5.41) is 5.05. The van der Waals surface area contributed by atoms with Gasteiger partial charge < -0.3 is 10.6 Å². The Morgan fingerprint density at radius 2 is 1.71 bits per heavy atom. The molecule has 1 aliphatic heterocycles. The molecule has 0 unspecified atom stereocenters. The van der Waals surface area contributed by atoms with Gasteiger partial charge in [0.15, 0.2) is 0 Å². The lowest BCUT2D eigenvalue weighted by Gasteiger charge is -2.61. The van der Waals surface area contributed by atoms with Gasteiger partial charge in [-0.05, 0) is 79.9 Å². The maximum absolute atomic E-state index is 13.6. The minimum Gasteiger partial charge on any atom is -0.353 e. The zero-order valence-electron chi connectivity index (χ0n) is 21.1. The zero-order chi connectivity index (χ0) is 27.8. The highest BCUT2D eigenvalue weighted by atomic mass is 35.5. The van der Waals surface area contributed by atoms with Crippen LogP contribution in [0.25, 0.3) is 0 Å². The van der Waals surface area contributed by atoms with E-state index in [1.54, 1.807) is 0 Å². The van der Waals surface area contributed by atoms with Crippen molar-refractivity contribution in [2.75, 3.05) is 5.32 Å². The number of carbonyl (C=O) groups is 2. The van der Waals surface area contributed by atoms with E-state index >= 15 is 0 Å². The van der Waals surface area contributed by atoms with Crippen LogP contribution in [0.4, 0.5) is 32.0 Å². The van der Waals surface area contributed by atoms with Gasteiger partial charge in [0.2, 0.25) is 11.8 Å². The number of hydrogen-bond acceptors (Lipinski definition) is 2. The molecule has 11 heteroatoms. The Morgan fingerprint density at radius 3 is 2.37 bits per heavy atom. The molecule has 3 aliphatic carbocycles. The molecule has 2 amide bonds. The summed E-state index contributed by atoms with van der Waals surface area (Å²) in [6, 6.07) is 1.10. The van der Waals surface area contributed by atoms with Gasteiger partial charge >= 0.3 is 12.4 Å². The van der Waals surface area contributed by atoms with E-state index in [1.165, 1.54) is 0 Å². The smallest absolute Gasteiger partial charge is 0.353 e. The number of benzene rings is 1. The summed E-state index contributed by atoms with van der Waals surface area (Å²) in [5.41, 5.74) is -4.21. The third-order valence-electron chi connectivity index (χ3n) is 10.4. The highest BCUT2D eigenvalue weighted by molar-refractivity contribution is 6.22. The Morgan fingerprint density at radius 1 is 1.00 bits per heavy atom. The fourth-order valence-corrected chi connectivity index (χ4v) is 8.88. The molecule has 4 aliphatic rings. The third kappa shape index (κ3) is 4.29. The van der Waals surface area contributed by atoms with Crippen molar-refractivity contribution >= 4 is 29.1 Å². The summed E-state index contributed by atoms with van der Waals surface area (Å²) in [7, 11) is 0. The van der Waals surface area contributed by atoms with Crippen LogP contribution in [0.1, 0.15) is 69.9 Å². The van der Waals surface area contributed by atoms with Crippen molar-refractivity contribution in [3.05, 3.63) is 29.3 Å². The van der Waals surface area contributed by atoms with Gasteiger partial charge in [-0.1, -0.05) is 13.8 Å². The molecule has 38 heavy (non-hydrogen) atoms. The highest BCUT2D eigenvalue weighted by Crippen LogP contribution is 2.66. The molecule has 1 saturated heterocycles. The fraction of sp³-hybridized carbons (Fsp3) is 0.704. The topological polar surface area (TPSA) is 58.2 Å². The highest BCUT2D eigenvalue weighted by Gasteiger charge is 2.63. The van der Waals surface area contributed by atoms with Gasteiger partial charge in [-0.15, -0.1) is 11.6 Å². The molecular weight excluding hydrogens is 534 g/mol. The van der Waals surface area contributed by atoms with Crippen LogP contribution in [0.3, 0.4) is 0 Å². The van der Waals surface area contributed by atoms with Gasteiger partial charge in [0, 0.05) is 29.2 Å². The van der Waals surface area contributed by atoms with Crippen molar-refractivity contribution in [3.63, 3.8) is 0 Å². The monoisotopic (exact) mass is 564 g/mol. The van der Waals surface area contributed by atoms with Gasteiger partial charge in [-0.25, -0.2) is 0 Å². The molecule has 5 rings (SSSR count). The first kappa shape index (κ1) is 27.6. The second-order valence-corrected chi connectivity index (χ2v) is 12.6. The number of anilines is 1. The number of hydrogen-bond donors (Lipinski definition) is 2. The van der Waals surface area contributed by atoms with Crippen molar-refractivity contribution in [2.24, 2.45) is 34.5 Å². The van der Waals surface area contributed by atoms with Crippen LogP contribution in [0.2, 0.25) is 0 Å². The first-order valence-electron chi connectivity index (χ1n) is 13.1. The van der Waals surface area contributed by atoms with Crippen LogP contribution in [0.15, 0.2) is 18.2 Å². The minimum absolute atomic E-state index is 0.0148. The van der Waals surface area contributed by atoms with Crippen molar-refractivity contribution in [2.45, 2.75) is 82.6 Å². The fourth-order valence-electron chi connectivity index (χ4n) is 8.43. The Kier molecular flexibility index (Phi) is 6.56. The van der Waals surface area contributed by atoms with Crippen LogP contribution < -0.4 is 10.6 Å². The second kappa shape index (κ2) is 9.03. The quantitative estimate of drug-likeness (QED) is 0.300. The lowest BCUT2D eigenvalue weighted by Crippen LogP contribution is -2.65. The number of rotatable bonds is 2. The molecule has 0 radical (unpaired) electrons. The summed E-state index contributed by atoms with van der Waals surface area (Å²) in [6.07, 6.45) is -5.29. The van der Waals surface area contributed by atoms with E-state index in [2.05, 4.69) is 17.6 Å². The summed E-state index contributed by atoms with van der Waals surface area (Å²) in [6.45, 7) is 4.14. The van der Waals surface area contributed by atoms with E-state index in [9.17, 15) is 35.9 Å². The number of amides is 2. The second-order valence-electron chi connectivity index (χ2n) is 12.0. The van der Waals surface area contributed by atoms with E-state index in [-0.39, 0.29) is 46.9 Å². The van der Waals surface area contributed by atoms with Crippen molar-refractivity contribution in [3.8, 4) is 0 Å². The first-order chi connectivity index (χ1) is 17.6. The summed E-state index contributed by atoms with van der Waals surface area (Å²) in [5.74, 6) is -0.699. The number of piperidine rings is 1. The van der Waals surface area contributed by atoms with Crippen molar-refractivity contribution < 1.29 is 35.9 Å². The number of carbonyl (C=O) groups excluding carboxylic acids is 2. The first-order valence-corrected chi connectivity index (χ1v) is 13.5. The van der Waals surface area contributed by atoms with Gasteiger partial charge in [0.25, 0.3) is 0 Å². The van der Waals surface area contributed by atoms with Crippen LogP contribution in [-0.2, 0) is 21.9 Å². The molecule has 1 heterocycles. The van der Waals surface area contributed by atoms with Crippen molar-refractivity contribution in [1.29, 1.82) is 0 Å². The molecule has 8 atom stereocenters. The maximum atomic E-state index is 13.6. The van der Waals surface area contributed by atoms with E-state index in [4.69, 9.17) is 11.6 Å². The molecule has 4 fully saturated rings. The average Bonchev–Trinajstić information content (AvgIpc) is 3.16. The summed E-state index contributed by atoms with van der Waals surface area (Å²) >= 11 is 6.79. The van der Waals surface area contributed by atoms with E-state index in [1.807, 2.05) is 6.92 Å². The van der Waals surface area contributed by atoms with Gasteiger partial charge in [-0.3, -0.25) is 9.59 Å². The van der Waals surface area contributed by atoms with E-state index < -0.39 is 46.4 Å².